The van der Waals surface area contributed by atoms with Crippen LogP contribution in [0, 0.1) is 5.92 Å². The zero-order valence-electron chi connectivity index (χ0n) is 12.8. The van der Waals surface area contributed by atoms with Gasteiger partial charge in [-0.15, -0.1) is 0 Å². The molecule has 3 N–H and O–H groups in total. The summed E-state index contributed by atoms with van der Waals surface area (Å²) < 4.78 is 5.54. The van der Waals surface area contributed by atoms with Crippen molar-refractivity contribution in [2.75, 3.05) is 13.2 Å². The molecule has 5 nitrogen and oxygen atoms in total. The molecule has 1 aliphatic carbocycles. The molecule has 1 fully saturated rings. The summed E-state index contributed by atoms with van der Waals surface area (Å²) in [5.74, 6) is 0.286. The maximum Gasteiger partial charge on any atom is 0.258 e. The maximum absolute atomic E-state index is 12.0. The molecule has 1 saturated carbocycles. The molecule has 23 heavy (non-hydrogen) atoms. The van der Waals surface area contributed by atoms with Crippen molar-refractivity contribution in [3.05, 3.63) is 42.5 Å². The quantitative estimate of drug-likeness (QED) is 0.781. The predicted octanol–water partition coefficient (Wildman–Crippen LogP) is 1.47. The Balaban J connectivity index is 1.52. The van der Waals surface area contributed by atoms with Crippen molar-refractivity contribution in [2.24, 2.45) is 5.92 Å². The molecule has 0 aromatic heterocycles. The Hall–Kier alpha value is -2.11. The van der Waals surface area contributed by atoms with E-state index in [9.17, 15) is 9.90 Å². The van der Waals surface area contributed by atoms with E-state index in [4.69, 9.17) is 9.84 Å². The number of hydrogen-bond acceptors (Lipinski definition) is 4. The lowest BCUT2D eigenvalue weighted by Gasteiger charge is -2.13. The van der Waals surface area contributed by atoms with E-state index in [-0.39, 0.29) is 31.1 Å². The summed E-state index contributed by atoms with van der Waals surface area (Å²) >= 11 is 0. The fourth-order valence-electron chi connectivity index (χ4n) is 3.09. The second kappa shape index (κ2) is 6.98. The molecular formula is C18H21NO4. The molecular weight excluding hydrogens is 294 g/mol. The highest BCUT2D eigenvalue weighted by Crippen LogP contribution is 2.25. The van der Waals surface area contributed by atoms with Crippen molar-refractivity contribution in [1.82, 2.24) is 5.32 Å². The molecule has 3 atom stereocenters. The van der Waals surface area contributed by atoms with Crippen LogP contribution in [-0.2, 0) is 4.79 Å². The number of carbonyl (C=O) groups is 1. The molecule has 5 heteroatoms. The van der Waals surface area contributed by atoms with Gasteiger partial charge in [-0.05, 0) is 35.7 Å². The second-order valence-electron chi connectivity index (χ2n) is 6.04. The van der Waals surface area contributed by atoms with Gasteiger partial charge >= 0.3 is 0 Å². The van der Waals surface area contributed by atoms with Gasteiger partial charge in [0.2, 0.25) is 0 Å². The lowest BCUT2D eigenvalue weighted by Crippen LogP contribution is -2.36. The summed E-state index contributed by atoms with van der Waals surface area (Å²) in [5, 5.41) is 23.9. The number of amides is 1. The number of hydrogen-bond donors (Lipinski definition) is 3. The van der Waals surface area contributed by atoms with Crippen molar-refractivity contribution >= 4 is 16.7 Å². The molecule has 122 valence electrons. The molecule has 0 spiro atoms. The van der Waals surface area contributed by atoms with Crippen molar-refractivity contribution in [1.29, 1.82) is 0 Å². The predicted molar refractivity (Wildman–Crippen MR) is 87.2 cm³/mol. The normalized spacial score (nSPS) is 23.8. The van der Waals surface area contributed by atoms with Crippen LogP contribution in [0.4, 0.5) is 0 Å². The minimum absolute atomic E-state index is 0.0544. The third-order valence-corrected chi connectivity index (χ3v) is 4.35. The fraction of sp³-hybridized carbons (Fsp3) is 0.389. The number of ether oxygens (including phenoxy) is 1. The average molecular weight is 315 g/mol. The van der Waals surface area contributed by atoms with Crippen molar-refractivity contribution in [3.63, 3.8) is 0 Å². The lowest BCUT2D eigenvalue weighted by atomic mass is 10.1. The number of aliphatic hydroxyl groups excluding tert-OH is 2. The van der Waals surface area contributed by atoms with Crippen LogP contribution in [0.5, 0.6) is 5.75 Å². The van der Waals surface area contributed by atoms with E-state index in [0.29, 0.717) is 18.6 Å². The molecule has 0 bridgehead atoms. The largest absolute Gasteiger partial charge is 0.484 e. The molecule has 2 aromatic rings. The number of rotatable bonds is 5. The summed E-state index contributed by atoms with van der Waals surface area (Å²) in [4.78, 5) is 12.0. The van der Waals surface area contributed by atoms with Gasteiger partial charge < -0.3 is 20.3 Å². The van der Waals surface area contributed by atoms with E-state index >= 15 is 0 Å². The molecule has 1 aliphatic rings. The third-order valence-electron chi connectivity index (χ3n) is 4.35. The number of aliphatic hydroxyl groups is 2. The molecule has 1 amide bonds. The first kappa shape index (κ1) is 15.8. The Morgan fingerprint density at radius 1 is 1.17 bits per heavy atom. The minimum Gasteiger partial charge on any atom is -0.484 e. The number of benzene rings is 2. The van der Waals surface area contributed by atoms with Crippen LogP contribution in [0.3, 0.4) is 0 Å². The standard InChI is InChI=1S/C18H21NO4/c20-10-14-7-15(9-17(14)21)19-18(22)11-23-16-6-5-12-3-1-2-4-13(12)8-16/h1-6,8,14-15,17,20-21H,7,9-11H2,(H,19,22). The molecule has 0 radical (unpaired) electrons. The topological polar surface area (TPSA) is 78.8 Å². The highest BCUT2D eigenvalue weighted by Gasteiger charge is 2.33. The third kappa shape index (κ3) is 3.81. The lowest BCUT2D eigenvalue weighted by molar-refractivity contribution is -0.123. The van der Waals surface area contributed by atoms with Gasteiger partial charge in [0.05, 0.1) is 6.10 Å². The molecule has 3 rings (SSSR count). The minimum atomic E-state index is -0.549. The van der Waals surface area contributed by atoms with Crippen LogP contribution in [0.25, 0.3) is 10.8 Å². The summed E-state index contributed by atoms with van der Waals surface area (Å²) in [6.45, 7) is -0.115. The summed E-state index contributed by atoms with van der Waals surface area (Å²) in [6.07, 6.45) is 0.526. The first-order chi connectivity index (χ1) is 11.2. The van der Waals surface area contributed by atoms with Crippen LogP contribution < -0.4 is 10.1 Å². The van der Waals surface area contributed by atoms with Gasteiger partial charge in [0.15, 0.2) is 6.61 Å². The molecule has 3 unspecified atom stereocenters. The van der Waals surface area contributed by atoms with Gasteiger partial charge in [-0.3, -0.25) is 4.79 Å². The van der Waals surface area contributed by atoms with Crippen molar-refractivity contribution in [2.45, 2.75) is 25.0 Å². The Morgan fingerprint density at radius 2 is 1.96 bits per heavy atom. The van der Waals surface area contributed by atoms with E-state index in [2.05, 4.69) is 5.32 Å². The first-order valence-electron chi connectivity index (χ1n) is 7.85. The van der Waals surface area contributed by atoms with Crippen LogP contribution in [0.15, 0.2) is 42.5 Å². The zero-order valence-corrected chi connectivity index (χ0v) is 12.8. The first-order valence-corrected chi connectivity index (χ1v) is 7.85. The SMILES string of the molecule is O=C(COc1ccc2ccccc2c1)NC1CC(O)C(CO)C1. The molecule has 2 aromatic carbocycles. The monoisotopic (exact) mass is 315 g/mol. The number of nitrogens with one attached hydrogen (secondary N) is 1. The summed E-state index contributed by atoms with van der Waals surface area (Å²) in [7, 11) is 0. The highest BCUT2D eigenvalue weighted by molar-refractivity contribution is 5.84. The number of fused-ring (bicyclic) bond motifs is 1. The fourth-order valence-corrected chi connectivity index (χ4v) is 3.09. The Bertz CT molecular complexity index is 688. The zero-order chi connectivity index (χ0) is 16.2. The molecule has 0 aliphatic heterocycles. The van der Waals surface area contributed by atoms with E-state index in [1.807, 2.05) is 42.5 Å². The van der Waals surface area contributed by atoms with E-state index < -0.39 is 6.10 Å². The average Bonchev–Trinajstić information content (AvgIpc) is 2.92. The summed E-state index contributed by atoms with van der Waals surface area (Å²) in [6, 6.07) is 13.6. The summed E-state index contributed by atoms with van der Waals surface area (Å²) in [5.41, 5.74) is 0. The highest BCUT2D eigenvalue weighted by atomic mass is 16.5. The van der Waals surface area contributed by atoms with Crippen LogP contribution in [0.2, 0.25) is 0 Å². The van der Waals surface area contributed by atoms with Crippen molar-refractivity contribution in [3.8, 4) is 5.75 Å². The smallest absolute Gasteiger partial charge is 0.258 e. The van der Waals surface area contributed by atoms with E-state index in [0.717, 1.165) is 10.8 Å². The van der Waals surface area contributed by atoms with Crippen molar-refractivity contribution < 1.29 is 19.7 Å². The Labute approximate surface area is 134 Å². The van der Waals surface area contributed by atoms with Gasteiger partial charge in [0.25, 0.3) is 5.91 Å². The molecule has 0 saturated heterocycles. The number of carbonyl (C=O) groups excluding carboxylic acids is 1. The van der Waals surface area contributed by atoms with Gasteiger partial charge in [0, 0.05) is 18.6 Å². The van der Waals surface area contributed by atoms with E-state index in [1.54, 1.807) is 0 Å². The Morgan fingerprint density at radius 3 is 2.70 bits per heavy atom. The Kier molecular flexibility index (Phi) is 4.79. The maximum atomic E-state index is 12.0. The van der Waals surface area contributed by atoms with Gasteiger partial charge in [-0.25, -0.2) is 0 Å². The molecule has 0 heterocycles. The van der Waals surface area contributed by atoms with Crippen LogP contribution in [-0.4, -0.2) is 41.5 Å². The van der Waals surface area contributed by atoms with Crippen LogP contribution in [0.1, 0.15) is 12.8 Å². The van der Waals surface area contributed by atoms with Gasteiger partial charge in [-0.1, -0.05) is 30.3 Å². The van der Waals surface area contributed by atoms with Crippen LogP contribution >= 0.6 is 0 Å². The second-order valence-corrected chi connectivity index (χ2v) is 6.04. The van der Waals surface area contributed by atoms with Gasteiger partial charge in [-0.2, -0.15) is 0 Å². The van der Waals surface area contributed by atoms with Gasteiger partial charge in [0.1, 0.15) is 5.75 Å². The van der Waals surface area contributed by atoms with E-state index in [1.165, 1.54) is 0 Å².